The van der Waals surface area contributed by atoms with Gasteiger partial charge >= 0.3 is 7.12 Å². The lowest BCUT2D eigenvalue weighted by Gasteiger charge is -2.35. The minimum atomic E-state index is -1.50. The average Bonchev–Trinajstić information content (AvgIpc) is 3.78. The Kier molecular flexibility index (Phi) is 10.6. The van der Waals surface area contributed by atoms with E-state index in [4.69, 9.17) is 31.4 Å². The summed E-state index contributed by atoms with van der Waals surface area (Å²) in [6, 6.07) is 43.7. The van der Waals surface area contributed by atoms with Crippen LogP contribution < -0.4 is 14.9 Å². The van der Waals surface area contributed by atoms with E-state index in [1.807, 2.05) is 84.9 Å². The van der Waals surface area contributed by atoms with Crippen molar-refractivity contribution in [1.29, 1.82) is 5.26 Å². The summed E-state index contributed by atoms with van der Waals surface area (Å²) in [5, 5.41) is 25.8. The Morgan fingerprint density at radius 1 is 0.621 bits per heavy atom. The Labute approximate surface area is 345 Å². The number of benzene rings is 6. The summed E-state index contributed by atoms with van der Waals surface area (Å²) >= 11 is 3.41. The van der Waals surface area contributed by atoms with Gasteiger partial charge in [0, 0.05) is 30.2 Å². The molecule has 0 bridgehead atoms. The van der Waals surface area contributed by atoms with Crippen molar-refractivity contribution in [2.75, 3.05) is 0 Å². The first kappa shape index (κ1) is 38.6. The lowest BCUT2D eigenvalue weighted by atomic mass is 9.80. The molecule has 2 spiro atoms. The Morgan fingerprint density at radius 3 is 1.67 bits per heavy atom. The van der Waals surface area contributed by atoms with Gasteiger partial charge in [0.15, 0.2) is 17.3 Å². The van der Waals surface area contributed by atoms with Gasteiger partial charge in [0.25, 0.3) is 0 Å². The number of ketones is 2. The molecule has 6 aromatic rings. The molecule has 0 amide bonds. The van der Waals surface area contributed by atoms with E-state index in [2.05, 4.69) is 45.0 Å². The zero-order valence-corrected chi connectivity index (χ0v) is 32.9. The molecule has 2 aliphatic carbocycles. The number of fused-ring (bicyclic) bond motifs is 4. The number of rotatable bonds is 2. The summed E-state index contributed by atoms with van der Waals surface area (Å²) < 4.78 is 13.6. The third-order valence-electron chi connectivity index (χ3n) is 11.1. The van der Waals surface area contributed by atoms with E-state index in [-0.39, 0.29) is 17.2 Å². The molecule has 0 saturated heterocycles. The molecule has 8 nitrogen and oxygen atoms in total. The molecule has 0 unspecified atom stereocenters. The van der Waals surface area contributed by atoms with Gasteiger partial charge in [-0.15, -0.1) is 0 Å². The van der Waals surface area contributed by atoms with E-state index in [1.54, 1.807) is 24.3 Å². The Morgan fingerprint density at radius 2 is 1.14 bits per heavy atom. The average molecular weight is 828 g/mol. The van der Waals surface area contributed by atoms with Gasteiger partial charge in [-0.25, -0.2) is 4.85 Å². The van der Waals surface area contributed by atoms with Gasteiger partial charge in [-0.2, -0.15) is 5.26 Å². The smallest absolute Gasteiger partial charge is 0.485 e. The van der Waals surface area contributed by atoms with Gasteiger partial charge in [0.05, 0.1) is 42.2 Å². The molecule has 2 aliphatic heterocycles. The molecule has 0 saturated carbocycles. The van der Waals surface area contributed by atoms with Crippen LogP contribution in [0.3, 0.4) is 0 Å². The Balaban J connectivity index is 0.000000133. The van der Waals surface area contributed by atoms with Crippen molar-refractivity contribution < 1.29 is 29.1 Å². The summed E-state index contributed by atoms with van der Waals surface area (Å²) in [6.07, 6.45) is 4.08. The van der Waals surface area contributed by atoms with Gasteiger partial charge in [0.2, 0.25) is 0 Å². The highest BCUT2D eigenvalue weighted by molar-refractivity contribution is 9.10. The largest absolute Gasteiger partial charge is 0.488 e. The summed E-state index contributed by atoms with van der Waals surface area (Å²) in [7, 11) is -1.50. The molecular formula is C48H36BBrN2O6. The third kappa shape index (κ3) is 7.96. The van der Waals surface area contributed by atoms with Crippen LogP contribution in [0.4, 0.5) is 5.69 Å². The molecule has 58 heavy (non-hydrogen) atoms. The van der Waals surface area contributed by atoms with Crippen LogP contribution in [0.25, 0.3) is 16.0 Å². The molecule has 10 heteroatoms. The fraction of sp³-hybridized carbons (Fsp3) is 0.167. The molecule has 6 aromatic carbocycles. The van der Waals surface area contributed by atoms with Crippen molar-refractivity contribution in [2.45, 2.75) is 49.7 Å². The number of hydrogen-bond donors (Lipinski definition) is 2. The summed E-state index contributed by atoms with van der Waals surface area (Å²) in [5.41, 5.74) is 8.92. The van der Waals surface area contributed by atoms with E-state index in [0.29, 0.717) is 46.4 Å². The maximum atomic E-state index is 13.0. The van der Waals surface area contributed by atoms with Crippen molar-refractivity contribution in [3.05, 3.63) is 188 Å². The topological polar surface area (TPSA) is 121 Å². The van der Waals surface area contributed by atoms with Crippen molar-refractivity contribution in [1.82, 2.24) is 0 Å². The number of nitriles is 1. The quantitative estimate of drug-likeness (QED) is 0.133. The van der Waals surface area contributed by atoms with Crippen LogP contribution in [0.2, 0.25) is 0 Å². The van der Waals surface area contributed by atoms with E-state index in [9.17, 15) is 9.59 Å². The highest BCUT2D eigenvalue weighted by Crippen LogP contribution is 2.44. The predicted molar refractivity (Wildman–Crippen MR) is 226 cm³/mol. The number of Topliss-reactive ketones (excluding diaryl/α,β-unsaturated/α-hetero) is 2. The fourth-order valence-corrected chi connectivity index (χ4v) is 8.74. The monoisotopic (exact) mass is 826 g/mol. The summed E-state index contributed by atoms with van der Waals surface area (Å²) in [5.74, 6) is 1.70. The van der Waals surface area contributed by atoms with Crippen LogP contribution in [0.5, 0.6) is 11.5 Å². The van der Waals surface area contributed by atoms with Crippen LogP contribution in [0.15, 0.2) is 138 Å². The van der Waals surface area contributed by atoms with Crippen LogP contribution in [0, 0.1) is 17.9 Å². The molecule has 0 radical (unpaired) electrons. The van der Waals surface area contributed by atoms with Gasteiger partial charge in [0.1, 0.15) is 22.7 Å². The van der Waals surface area contributed by atoms with Crippen molar-refractivity contribution in [3.63, 3.8) is 0 Å². The third-order valence-corrected chi connectivity index (χ3v) is 11.5. The van der Waals surface area contributed by atoms with Crippen LogP contribution in [-0.4, -0.2) is 39.9 Å². The Bertz CT molecular complexity index is 2630. The molecule has 4 aliphatic rings. The number of ether oxygens (including phenoxy) is 2. The minimum Gasteiger partial charge on any atom is -0.485 e. The predicted octanol–water partition coefficient (Wildman–Crippen LogP) is 8.60. The summed E-state index contributed by atoms with van der Waals surface area (Å²) in [4.78, 5) is 28.9. The molecule has 0 fully saturated rings. The maximum Gasteiger partial charge on any atom is 0.488 e. The van der Waals surface area contributed by atoms with Crippen molar-refractivity contribution in [2.24, 2.45) is 0 Å². The number of carbonyl (C=O) groups is 2. The van der Waals surface area contributed by atoms with Gasteiger partial charge in [-0.05, 0) is 87.4 Å². The normalized spacial score (nSPS) is 15.7. The summed E-state index contributed by atoms with van der Waals surface area (Å²) in [6.45, 7) is 7.18. The highest BCUT2D eigenvalue weighted by atomic mass is 79.9. The van der Waals surface area contributed by atoms with Crippen molar-refractivity contribution >= 4 is 45.8 Å². The first-order valence-electron chi connectivity index (χ1n) is 18.9. The SMILES string of the molecule is N#Cc1cccc(B(O)O)c1.O=C1CC2(Cc3ccccc3C2)Oc2ccc(Br)cc21.[C-]#[N+]c1cccc(-c2ccc3c(c2)C(=O)CC2(Cc4ccccc4C2)O3)c1. The van der Waals surface area contributed by atoms with E-state index in [1.165, 1.54) is 28.3 Å². The first-order chi connectivity index (χ1) is 28.0. The second kappa shape index (κ2) is 15.9. The number of nitrogens with zero attached hydrogens (tertiary/aromatic N) is 2. The molecule has 0 aromatic heterocycles. The molecule has 10 rings (SSSR count). The zero-order valence-electron chi connectivity index (χ0n) is 31.3. The highest BCUT2D eigenvalue weighted by Gasteiger charge is 2.46. The van der Waals surface area contributed by atoms with Crippen LogP contribution in [-0.2, 0) is 25.7 Å². The van der Waals surface area contributed by atoms with Crippen LogP contribution >= 0.6 is 15.9 Å². The second-order valence-corrected chi connectivity index (χ2v) is 16.1. The number of hydrogen-bond acceptors (Lipinski definition) is 7. The van der Waals surface area contributed by atoms with Crippen LogP contribution in [0.1, 0.15) is 61.4 Å². The van der Waals surface area contributed by atoms with Gasteiger partial charge in [-0.3, -0.25) is 9.59 Å². The minimum absolute atomic E-state index is 0.132. The number of halogens is 1. The zero-order chi connectivity index (χ0) is 40.4. The lowest BCUT2D eigenvalue weighted by Crippen LogP contribution is -2.42. The van der Waals surface area contributed by atoms with E-state index < -0.39 is 12.7 Å². The van der Waals surface area contributed by atoms with E-state index in [0.717, 1.165) is 47.0 Å². The standard InChI is InChI=1S/C24H17NO2.C17H13BrO2.C7H6BNO2/c1-25-20-8-4-7-16(11-20)17-9-10-23-21(12-17)22(26)15-24(27-23)13-18-5-2-3-6-19(18)14-24;18-13-5-6-16-14(7-13)15(19)10-17(20-16)8-11-3-1-2-4-12(11)9-17;9-5-6-2-1-3-7(4-6)8(10)11/h2-12H,13-15H2;1-7H,8-10H2;1-4,10-11H. The van der Waals surface area contributed by atoms with E-state index >= 15 is 0 Å². The molecule has 284 valence electrons. The maximum absolute atomic E-state index is 13.0. The molecular weight excluding hydrogens is 791 g/mol. The van der Waals surface area contributed by atoms with Gasteiger partial charge < -0.3 is 19.5 Å². The second-order valence-electron chi connectivity index (χ2n) is 15.1. The Hall–Kier alpha value is -6.30. The molecule has 2 heterocycles. The fourth-order valence-electron chi connectivity index (χ4n) is 8.38. The first-order valence-corrected chi connectivity index (χ1v) is 19.7. The molecule has 2 N–H and O–H groups in total. The van der Waals surface area contributed by atoms with Gasteiger partial charge in [-0.1, -0.05) is 101 Å². The number of carbonyl (C=O) groups excluding carboxylic acids is 2. The lowest BCUT2D eigenvalue weighted by molar-refractivity contribution is 0.0462. The molecule has 0 atom stereocenters. The van der Waals surface area contributed by atoms with Crippen molar-refractivity contribution in [3.8, 4) is 28.7 Å².